The first-order chi connectivity index (χ1) is 11.0. The summed E-state index contributed by atoms with van der Waals surface area (Å²) in [5.74, 6) is 0.495. The first kappa shape index (κ1) is 17.2. The summed E-state index contributed by atoms with van der Waals surface area (Å²) in [5.41, 5.74) is 2.03. The number of halogens is 1. The van der Waals surface area contributed by atoms with Crippen LogP contribution in [0.5, 0.6) is 0 Å². The van der Waals surface area contributed by atoms with Crippen LogP contribution in [-0.4, -0.2) is 32.3 Å². The van der Waals surface area contributed by atoms with Crippen LogP contribution >= 0.6 is 0 Å². The van der Waals surface area contributed by atoms with Gasteiger partial charge in [-0.15, -0.1) is 0 Å². The van der Waals surface area contributed by atoms with E-state index in [0.717, 1.165) is 31.6 Å². The Morgan fingerprint density at radius 2 is 1.96 bits per heavy atom. The Morgan fingerprint density at radius 3 is 2.57 bits per heavy atom. The van der Waals surface area contributed by atoms with E-state index in [-0.39, 0.29) is 5.82 Å². The summed E-state index contributed by atoms with van der Waals surface area (Å²) in [6.45, 7) is 5.43. The molecule has 23 heavy (non-hydrogen) atoms. The molecule has 4 nitrogen and oxygen atoms in total. The lowest BCUT2D eigenvalue weighted by atomic mass is 10.1. The predicted molar refractivity (Wildman–Crippen MR) is 93.8 cm³/mol. The summed E-state index contributed by atoms with van der Waals surface area (Å²) in [7, 11) is 1.84. The van der Waals surface area contributed by atoms with Gasteiger partial charge in [0.05, 0.1) is 5.69 Å². The molecule has 0 N–H and O–H groups in total. The quantitative estimate of drug-likeness (QED) is 0.367. The van der Waals surface area contributed by atoms with Crippen LogP contribution < -0.4 is 9.80 Å². The summed E-state index contributed by atoms with van der Waals surface area (Å²) < 4.78 is 14.5. The van der Waals surface area contributed by atoms with Crippen LogP contribution in [-0.2, 0) is 4.79 Å². The molecule has 1 aliphatic heterocycles. The van der Waals surface area contributed by atoms with Crippen LogP contribution in [0.2, 0.25) is 0 Å². The number of hydrogen-bond acceptors (Lipinski definition) is 3. The molecular weight excluding hydrogens is 293 g/mol. The van der Waals surface area contributed by atoms with Gasteiger partial charge in [-0.2, -0.15) is 0 Å². The molecule has 124 valence electrons. The molecule has 1 fully saturated rings. The number of carbonyl (C=O) groups is 1. The maximum absolute atomic E-state index is 14.5. The summed E-state index contributed by atoms with van der Waals surface area (Å²) in [5, 5.41) is 0. The second-order valence-electron chi connectivity index (χ2n) is 5.85. The molecule has 0 spiro atoms. The fourth-order valence-corrected chi connectivity index (χ4v) is 2.75. The van der Waals surface area contributed by atoms with Crippen molar-refractivity contribution in [2.45, 2.75) is 33.1 Å². The van der Waals surface area contributed by atoms with Crippen LogP contribution in [0.3, 0.4) is 0 Å². The maximum atomic E-state index is 14.5. The molecule has 0 atom stereocenters. The molecule has 5 heteroatoms. The van der Waals surface area contributed by atoms with Crippen LogP contribution in [0, 0.1) is 5.82 Å². The second-order valence-corrected chi connectivity index (χ2v) is 5.85. The number of benzene rings is 1. The van der Waals surface area contributed by atoms with Crippen LogP contribution in [0.1, 0.15) is 33.1 Å². The number of anilines is 2. The molecule has 0 amide bonds. The topological polar surface area (TPSA) is 35.9 Å². The highest BCUT2D eigenvalue weighted by molar-refractivity contribution is 5.96. The Bertz CT molecular complexity index is 619. The highest BCUT2D eigenvalue weighted by Gasteiger charge is 2.16. The summed E-state index contributed by atoms with van der Waals surface area (Å²) in [6.07, 6.45) is 5.57. The number of aldehydes is 1. The average molecular weight is 317 g/mol. The zero-order valence-corrected chi connectivity index (χ0v) is 14.1. The molecule has 0 saturated carbocycles. The van der Waals surface area contributed by atoms with E-state index in [1.54, 1.807) is 13.0 Å². The average Bonchev–Trinajstić information content (AvgIpc) is 2.55. The lowest BCUT2D eigenvalue weighted by Crippen LogP contribution is -2.30. The molecule has 0 aromatic heterocycles. The van der Waals surface area contributed by atoms with Gasteiger partial charge in [0.1, 0.15) is 17.9 Å². The Kier molecular flexibility index (Phi) is 5.90. The number of hydrogen-bond donors (Lipinski definition) is 0. The predicted octanol–water partition coefficient (Wildman–Crippen LogP) is 3.77. The Hall–Kier alpha value is -2.17. The second kappa shape index (κ2) is 7.90. The van der Waals surface area contributed by atoms with Gasteiger partial charge in [-0.3, -0.25) is 4.79 Å². The molecule has 0 bridgehead atoms. The van der Waals surface area contributed by atoms with Crippen molar-refractivity contribution in [2.24, 2.45) is 4.99 Å². The summed E-state index contributed by atoms with van der Waals surface area (Å²) in [6, 6.07) is 5.29. The molecule has 2 rings (SSSR count). The maximum Gasteiger partial charge on any atom is 0.148 e. The Labute approximate surface area is 137 Å². The first-order valence-corrected chi connectivity index (χ1v) is 7.98. The third kappa shape index (κ3) is 4.41. The highest BCUT2D eigenvalue weighted by atomic mass is 19.1. The van der Waals surface area contributed by atoms with Crippen molar-refractivity contribution in [1.29, 1.82) is 0 Å². The van der Waals surface area contributed by atoms with Crippen LogP contribution in [0.25, 0.3) is 0 Å². The summed E-state index contributed by atoms with van der Waals surface area (Å²) in [4.78, 5) is 18.7. The number of nitrogens with zero attached hydrogens (tertiary/aromatic N) is 3. The van der Waals surface area contributed by atoms with E-state index < -0.39 is 0 Å². The minimum Gasteiger partial charge on any atom is -0.369 e. The highest BCUT2D eigenvalue weighted by Crippen LogP contribution is 2.27. The van der Waals surface area contributed by atoms with Gasteiger partial charge < -0.3 is 9.80 Å². The number of aliphatic imine (C=N–C) groups is 1. The summed E-state index contributed by atoms with van der Waals surface area (Å²) >= 11 is 0. The minimum atomic E-state index is -0.204. The molecule has 1 aromatic rings. The SMILES string of the molecule is CC(=N/C(C)=C\C=O)N(C)c1ccc(N2CCCCC2)c(F)c1. The number of piperidine rings is 1. The van der Waals surface area contributed by atoms with Crippen molar-refractivity contribution in [3.8, 4) is 0 Å². The molecule has 0 aliphatic carbocycles. The van der Waals surface area contributed by atoms with Crippen LogP contribution in [0.15, 0.2) is 35.0 Å². The van der Waals surface area contributed by atoms with E-state index in [2.05, 4.69) is 9.89 Å². The minimum absolute atomic E-state index is 0.204. The van der Waals surface area contributed by atoms with Gasteiger partial charge in [-0.25, -0.2) is 9.38 Å². The molecular formula is C18H24FN3O. The van der Waals surface area contributed by atoms with Gasteiger partial charge in [0.25, 0.3) is 0 Å². The zero-order chi connectivity index (χ0) is 16.8. The fraction of sp³-hybridized carbons (Fsp3) is 0.444. The number of allylic oxidation sites excluding steroid dienone is 2. The largest absolute Gasteiger partial charge is 0.369 e. The van der Waals surface area contributed by atoms with E-state index >= 15 is 0 Å². The van der Waals surface area contributed by atoms with Crippen molar-refractivity contribution in [1.82, 2.24) is 0 Å². The van der Waals surface area contributed by atoms with Crippen molar-refractivity contribution in [2.75, 3.05) is 29.9 Å². The standard InChI is InChI=1S/C18H24FN3O/c1-14(9-12-23)20-15(2)21(3)16-7-8-18(17(19)13-16)22-10-5-4-6-11-22/h7-9,12-13H,4-6,10-11H2,1-3H3/b14-9-,20-15?. The van der Waals surface area contributed by atoms with E-state index in [4.69, 9.17) is 0 Å². The fourth-order valence-electron chi connectivity index (χ4n) is 2.75. The van der Waals surface area contributed by atoms with Gasteiger partial charge in [0.15, 0.2) is 0 Å². The van der Waals surface area contributed by atoms with E-state index in [1.807, 2.05) is 31.0 Å². The van der Waals surface area contributed by atoms with Crippen LogP contribution in [0.4, 0.5) is 15.8 Å². The van der Waals surface area contributed by atoms with E-state index in [9.17, 15) is 9.18 Å². The molecule has 0 unspecified atom stereocenters. The molecule has 1 saturated heterocycles. The lowest BCUT2D eigenvalue weighted by Gasteiger charge is -2.29. The van der Waals surface area contributed by atoms with Gasteiger partial charge >= 0.3 is 0 Å². The number of rotatable bonds is 4. The number of amidine groups is 1. The molecule has 1 aromatic carbocycles. The molecule has 0 radical (unpaired) electrons. The first-order valence-electron chi connectivity index (χ1n) is 7.98. The van der Waals surface area contributed by atoms with Gasteiger partial charge in [0, 0.05) is 31.5 Å². The monoisotopic (exact) mass is 317 g/mol. The third-order valence-electron chi connectivity index (χ3n) is 4.15. The Balaban J connectivity index is 2.18. The van der Waals surface area contributed by atoms with Crippen molar-refractivity contribution in [3.05, 3.63) is 35.8 Å². The number of carbonyl (C=O) groups excluding carboxylic acids is 1. The zero-order valence-electron chi connectivity index (χ0n) is 14.1. The Morgan fingerprint density at radius 1 is 1.26 bits per heavy atom. The van der Waals surface area contributed by atoms with Gasteiger partial charge in [-0.05, 0) is 57.4 Å². The normalized spacial score (nSPS) is 16.4. The van der Waals surface area contributed by atoms with E-state index in [0.29, 0.717) is 23.5 Å². The van der Waals surface area contributed by atoms with Crippen molar-refractivity contribution < 1.29 is 9.18 Å². The van der Waals surface area contributed by atoms with Gasteiger partial charge in [-0.1, -0.05) is 0 Å². The third-order valence-corrected chi connectivity index (χ3v) is 4.15. The lowest BCUT2D eigenvalue weighted by molar-refractivity contribution is -0.104. The van der Waals surface area contributed by atoms with Crippen molar-refractivity contribution >= 4 is 23.5 Å². The van der Waals surface area contributed by atoms with Crippen molar-refractivity contribution in [3.63, 3.8) is 0 Å². The van der Waals surface area contributed by atoms with Gasteiger partial charge in [0.2, 0.25) is 0 Å². The molecule has 1 aliphatic rings. The molecule has 1 heterocycles. The van der Waals surface area contributed by atoms with E-state index in [1.165, 1.54) is 12.5 Å². The smallest absolute Gasteiger partial charge is 0.148 e.